The molecular formula is C18H21ClN2OS. The highest BCUT2D eigenvalue weighted by Gasteiger charge is 2.09. The topological polar surface area (TPSA) is 32.3 Å². The van der Waals surface area contributed by atoms with E-state index in [1.807, 2.05) is 49.3 Å². The number of rotatable bonds is 7. The van der Waals surface area contributed by atoms with Gasteiger partial charge in [-0.1, -0.05) is 41.9 Å². The number of halogens is 1. The Labute approximate surface area is 147 Å². The molecule has 0 fully saturated rings. The third-order valence-electron chi connectivity index (χ3n) is 3.33. The first kappa shape index (κ1) is 17.7. The molecule has 2 aromatic carbocycles. The lowest BCUT2D eigenvalue weighted by atomic mass is 10.2. The van der Waals surface area contributed by atoms with Crippen molar-refractivity contribution in [3.63, 3.8) is 0 Å². The highest BCUT2D eigenvalue weighted by molar-refractivity contribution is 7.99. The van der Waals surface area contributed by atoms with Gasteiger partial charge in [0.2, 0.25) is 5.91 Å². The predicted molar refractivity (Wildman–Crippen MR) is 102 cm³/mol. The van der Waals surface area contributed by atoms with E-state index in [9.17, 15) is 4.79 Å². The first-order chi connectivity index (χ1) is 11.1. The maximum absolute atomic E-state index is 12.1. The van der Waals surface area contributed by atoms with Crippen molar-refractivity contribution in [2.75, 3.05) is 35.8 Å². The molecule has 0 atom stereocenters. The van der Waals surface area contributed by atoms with Crippen molar-refractivity contribution < 1.29 is 4.79 Å². The minimum Gasteiger partial charge on any atom is -0.376 e. The summed E-state index contributed by atoms with van der Waals surface area (Å²) < 4.78 is 0. The zero-order chi connectivity index (χ0) is 16.7. The normalized spacial score (nSPS) is 10.4. The molecule has 2 rings (SSSR count). The van der Waals surface area contributed by atoms with Crippen LogP contribution in [0.3, 0.4) is 0 Å². The van der Waals surface area contributed by atoms with E-state index in [4.69, 9.17) is 11.6 Å². The maximum atomic E-state index is 12.1. The molecule has 0 spiro atoms. The number of amides is 1. The molecule has 5 heteroatoms. The number of benzene rings is 2. The molecule has 3 nitrogen and oxygen atoms in total. The molecule has 0 radical (unpaired) electrons. The molecule has 122 valence electrons. The van der Waals surface area contributed by atoms with Crippen LogP contribution in [0.5, 0.6) is 0 Å². The molecule has 23 heavy (non-hydrogen) atoms. The van der Waals surface area contributed by atoms with Crippen LogP contribution >= 0.6 is 23.4 Å². The average molecular weight is 349 g/mol. The molecule has 0 aliphatic heterocycles. The van der Waals surface area contributed by atoms with Crippen molar-refractivity contribution in [2.45, 2.75) is 6.42 Å². The van der Waals surface area contributed by atoms with Crippen molar-refractivity contribution in [1.82, 2.24) is 0 Å². The van der Waals surface area contributed by atoms with E-state index in [0.717, 1.165) is 23.5 Å². The van der Waals surface area contributed by atoms with Crippen LogP contribution in [0, 0.1) is 0 Å². The summed E-state index contributed by atoms with van der Waals surface area (Å²) in [6.07, 6.45) is 0.971. The summed E-state index contributed by atoms with van der Waals surface area (Å²) >= 11 is 7.66. The monoisotopic (exact) mass is 348 g/mol. The van der Waals surface area contributed by atoms with Gasteiger partial charge < -0.3 is 10.2 Å². The first-order valence-electron chi connectivity index (χ1n) is 7.44. The number of nitrogens with zero attached hydrogens (tertiary/aromatic N) is 1. The Balaban J connectivity index is 1.82. The Hall–Kier alpha value is -1.65. The Morgan fingerprint density at radius 1 is 1.17 bits per heavy atom. The summed E-state index contributed by atoms with van der Waals surface area (Å²) in [5, 5.41) is 3.56. The minimum atomic E-state index is -0.00608. The molecule has 0 aromatic heterocycles. The summed E-state index contributed by atoms with van der Waals surface area (Å²) in [6, 6.07) is 15.8. The van der Waals surface area contributed by atoms with E-state index in [1.54, 1.807) is 17.8 Å². The molecule has 0 aliphatic rings. The van der Waals surface area contributed by atoms with Crippen molar-refractivity contribution >= 4 is 40.6 Å². The fourth-order valence-electron chi connectivity index (χ4n) is 2.18. The van der Waals surface area contributed by atoms with Gasteiger partial charge in [0.25, 0.3) is 0 Å². The molecular weight excluding hydrogens is 328 g/mol. The number of hydrogen-bond acceptors (Lipinski definition) is 3. The van der Waals surface area contributed by atoms with Crippen LogP contribution in [0.4, 0.5) is 11.4 Å². The second kappa shape index (κ2) is 8.85. The van der Waals surface area contributed by atoms with Crippen LogP contribution in [0.2, 0.25) is 5.02 Å². The van der Waals surface area contributed by atoms with Crippen molar-refractivity contribution in [3.05, 3.63) is 59.1 Å². The van der Waals surface area contributed by atoms with E-state index in [1.165, 1.54) is 5.56 Å². The average Bonchev–Trinajstić information content (AvgIpc) is 2.52. The largest absolute Gasteiger partial charge is 0.376 e. The highest BCUT2D eigenvalue weighted by Crippen LogP contribution is 2.27. The van der Waals surface area contributed by atoms with Crippen LogP contribution in [0.1, 0.15) is 5.56 Å². The Morgan fingerprint density at radius 2 is 1.91 bits per heavy atom. The van der Waals surface area contributed by atoms with Gasteiger partial charge in [-0.2, -0.15) is 11.8 Å². The summed E-state index contributed by atoms with van der Waals surface area (Å²) in [6.45, 7) is 0. The number of carbonyl (C=O) groups excluding carboxylic acids is 1. The van der Waals surface area contributed by atoms with E-state index < -0.39 is 0 Å². The van der Waals surface area contributed by atoms with E-state index >= 15 is 0 Å². The lowest BCUT2D eigenvalue weighted by molar-refractivity contribution is -0.113. The van der Waals surface area contributed by atoms with E-state index in [0.29, 0.717) is 10.8 Å². The van der Waals surface area contributed by atoms with Gasteiger partial charge in [0.1, 0.15) is 0 Å². The lowest BCUT2D eigenvalue weighted by Gasteiger charge is -2.18. The number of hydrogen-bond donors (Lipinski definition) is 1. The SMILES string of the molecule is CN(C)c1ccc(Cl)cc1NC(=O)CSCCc1ccccc1. The lowest BCUT2D eigenvalue weighted by Crippen LogP contribution is -2.18. The third kappa shape index (κ3) is 5.81. The quantitative estimate of drug-likeness (QED) is 0.756. The summed E-state index contributed by atoms with van der Waals surface area (Å²) in [7, 11) is 3.88. The van der Waals surface area contributed by atoms with Gasteiger partial charge in [-0.25, -0.2) is 0 Å². The zero-order valence-electron chi connectivity index (χ0n) is 13.4. The molecule has 0 unspecified atom stereocenters. The molecule has 0 aliphatic carbocycles. The molecule has 0 heterocycles. The van der Waals surface area contributed by atoms with Gasteiger partial charge in [-0.05, 0) is 35.9 Å². The third-order valence-corrected chi connectivity index (χ3v) is 4.52. The molecule has 0 saturated carbocycles. The van der Waals surface area contributed by atoms with Crippen LogP contribution < -0.4 is 10.2 Å². The van der Waals surface area contributed by atoms with Crippen LogP contribution in [-0.2, 0) is 11.2 Å². The smallest absolute Gasteiger partial charge is 0.234 e. The van der Waals surface area contributed by atoms with E-state index in [2.05, 4.69) is 17.4 Å². The molecule has 1 N–H and O–H groups in total. The molecule has 0 saturated heterocycles. The zero-order valence-corrected chi connectivity index (χ0v) is 15.0. The molecule has 0 bridgehead atoms. The maximum Gasteiger partial charge on any atom is 0.234 e. The number of anilines is 2. The van der Waals surface area contributed by atoms with Gasteiger partial charge in [-0.15, -0.1) is 0 Å². The Morgan fingerprint density at radius 3 is 2.61 bits per heavy atom. The Kier molecular flexibility index (Phi) is 6.81. The number of carbonyl (C=O) groups is 1. The summed E-state index contributed by atoms with van der Waals surface area (Å²) in [4.78, 5) is 14.1. The fraction of sp³-hybridized carbons (Fsp3) is 0.278. The molecule has 1 amide bonds. The van der Waals surface area contributed by atoms with Crippen molar-refractivity contribution in [2.24, 2.45) is 0 Å². The predicted octanol–water partition coefficient (Wildman–Crippen LogP) is 4.32. The van der Waals surface area contributed by atoms with Gasteiger partial charge >= 0.3 is 0 Å². The minimum absolute atomic E-state index is 0.00608. The van der Waals surface area contributed by atoms with E-state index in [-0.39, 0.29) is 5.91 Å². The number of aryl methyl sites for hydroxylation is 1. The van der Waals surface area contributed by atoms with Crippen molar-refractivity contribution in [3.8, 4) is 0 Å². The second-order valence-corrected chi connectivity index (χ2v) is 6.93. The summed E-state index contributed by atoms with van der Waals surface area (Å²) in [5.41, 5.74) is 2.98. The summed E-state index contributed by atoms with van der Waals surface area (Å²) in [5.74, 6) is 1.35. The first-order valence-corrected chi connectivity index (χ1v) is 8.98. The van der Waals surface area contributed by atoms with Gasteiger partial charge in [0.15, 0.2) is 0 Å². The highest BCUT2D eigenvalue weighted by atomic mass is 35.5. The van der Waals surface area contributed by atoms with Crippen LogP contribution in [0.25, 0.3) is 0 Å². The van der Waals surface area contributed by atoms with Crippen molar-refractivity contribution in [1.29, 1.82) is 0 Å². The Bertz CT molecular complexity index is 647. The standard InChI is InChI=1S/C18H21ClN2OS/c1-21(2)17-9-8-15(19)12-16(17)20-18(22)13-23-11-10-14-6-4-3-5-7-14/h3-9,12H,10-11,13H2,1-2H3,(H,20,22). The second-order valence-electron chi connectivity index (χ2n) is 5.39. The van der Waals surface area contributed by atoms with Gasteiger partial charge in [0, 0.05) is 19.1 Å². The van der Waals surface area contributed by atoms with Gasteiger partial charge in [0.05, 0.1) is 17.1 Å². The fourth-order valence-corrected chi connectivity index (χ4v) is 3.14. The number of nitrogens with one attached hydrogen (secondary N) is 1. The number of thioether (sulfide) groups is 1. The van der Waals surface area contributed by atoms with Gasteiger partial charge in [-0.3, -0.25) is 4.79 Å². The van der Waals surface area contributed by atoms with Crippen LogP contribution in [-0.4, -0.2) is 31.5 Å². The van der Waals surface area contributed by atoms with Crippen LogP contribution in [0.15, 0.2) is 48.5 Å². The molecule has 2 aromatic rings.